The molecule has 0 spiro atoms. The maximum absolute atomic E-state index is 14.1. The van der Waals surface area contributed by atoms with Crippen LogP contribution in [0, 0.1) is 11.8 Å². The number of aromatic nitrogens is 6. The third-order valence-corrected chi connectivity index (χ3v) is 12.7. The van der Waals surface area contributed by atoms with E-state index in [2.05, 4.69) is 37.6 Å². The Bertz CT molecular complexity index is 2480. The number of likely N-dealkylation sites (N-methyl/N-ethyl adjacent to an activating group) is 1. The molecule has 1 unspecified atom stereocenters. The van der Waals surface area contributed by atoms with Gasteiger partial charge in [0.2, 0.25) is 11.8 Å². The molecule has 3 aliphatic rings. The van der Waals surface area contributed by atoms with Crippen LogP contribution in [0.25, 0.3) is 22.5 Å². The number of hydrogen-bond acceptors (Lipinski definition) is 11. The minimum absolute atomic E-state index is 0.0322. The Labute approximate surface area is 364 Å². The van der Waals surface area contributed by atoms with Gasteiger partial charge in [0.15, 0.2) is 11.4 Å². The summed E-state index contributed by atoms with van der Waals surface area (Å²) in [5.74, 6) is 0.800. The Morgan fingerprint density at radius 2 is 1.79 bits per heavy atom. The van der Waals surface area contributed by atoms with Crippen LogP contribution in [0.1, 0.15) is 104 Å². The SMILES string of the molecule is CN(CCCOCCCc1cccc2c1n(C)c(=O)n2C1CCC(=O)N(C)C1=O)CC1CCC(n2cc(NC(=O)c3coc(-c4ccnc(NCC5CC5)c4)n3)c(C(F)F)n2)CC1. The van der Waals surface area contributed by atoms with E-state index in [9.17, 15) is 28.0 Å². The van der Waals surface area contributed by atoms with E-state index in [0.717, 1.165) is 74.1 Å². The van der Waals surface area contributed by atoms with Gasteiger partial charge < -0.3 is 24.7 Å². The number of halogens is 2. The molecule has 0 bridgehead atoms. The Balaban J connectivity index is 0.753. The topological polar surface area (TPSA) is 175 Å². The van der Waals surface area contributed by atoms with E-state index in [1.807, 2.05) is 18.2 Å². The lowest BCUT2D eigenvalue weighted by Gasteiger charge is -2.31. The van der Waals surface area contributed by atoms with E-state index in [4.69, 9.17) is 9.15 Å². The molecule has 5 aromatic rings. The molecule has 63 heavy (non-hydrogen) atoms. The van der Waals surface area contributed by atoms with Gasteiger partial charge in [-0.1, -0.05) is 12.1 Å². The Morgan fingerprint density at radius 3 is 2.57 bits per heavy atom. The van der Waals surface area contributed by atoms with Crippen molar-refractivity contribution in [1.82, 2.24) is 38.7 Å². The van der Waals surface area contributed by atoms with E-state index in [1.54, 1.807) is 34.6 Å². The fraction of sp³-hybridized carbons (Fsp3) is 0.533. The number of alkyl halides is 2. The molecule has 1 aliphatic heterocycles. The van der Waals surface area contributed by atoms with Crippen molar-refractivity contribution >= 4 is 40.3 Å². The number of likely N-dealkylation sites (tertiary alicyclic amines) is 1. The van der Waals surface area contributed by atoms with Crippen LogP contribution in [-0.4, -0.2) is 103 Å². The summed E-state index contributed by atoms with van der Waals surface area (Å²) in [7, 11) is 5.30. The lowest BCUT2D eigenvalue weighted by atomic mass is 9.86. The fourth-order valence-electron chi connectivity index (χ4n) is 8.97. The van der Waals surface area contributed by atoms with Gasteiger partial charge in [0, 0.05) is 71.3 Å². The zero-order chi connectivity index (χ0) is 44.2. The molecule has 8 rings (SSSR count). The molecular weight excluding hydrogens is 815 g/mol. The molecule has 0 radical (unpaired) electrons. The molecule has 4 aromatic heterocycles. The van der Waals surface area contributed by atoms with Crippen molar-refractivity contribution in [2.45, 2.75) is 89.1 Å². The summed E-state index contributed by atoms with van der Waals surface area (Å²) in [4.78, 5) is 63.6. The second-order valence-corrected chi connectivity index (χ2v) is 17.3. The number of carbonyl (C=O) groups is 3. The predicted octanol–water partition coefficient (Wildman–Crippen LogP) is 6.62. The van der Waals surface area contributed by atoms with E-state index in [0.29, 0.717) is 54.8 Å². The van der Waals surface area contributed by atoms with Crippen molar-refractivity contribution in [1.29, 1.82) is 0 Å². The molecule has 2 saturated carbocycles. The van der Waals surface area contributed by atoms with E-state index in [1.165, 1.54) is 36.9 Å². The minimum Gasteiger partial charge on any atom is -0.444 e. The first kappa shape index (κ1) is 43.9. The number of pyridine rings is 1. The maximum Gasteiger partial charge on any atom is 0.329 e. The van der Waals surface area contributed by atoms with Crippen LogP contribution in [-0.2, 0) is 27.8 Å². The fourth-order valence-corrected chi connectivity index (χ4v) is 8.97. The first-order chi connectivity index (χ1) is 30.4. The highest BCUT2D eigenvalue weighted by atomic mass is 19.3. The van der Waals surface area contributed by atoms with Crippen LogP contribution in [0.2, 0.25) is 0 Å². The number of amides is 3. The van der Waals surface area contributed by atoms with Gasteiger partial charge in [0.25, 0.3) is 18.2 Å². The molecule has 18 heteroatoms. The number of para-hydroxylation sites is 1. The number of carbonyl (C=O) groups excluding carboxylic acids is 3. The number of piperidine rings is 1. The van der Waals surface area contributed by atoms with Gasteiger partial charge in [-0.2, -0.15) is 5.10 Å². The number of fused-ring (bicyclic) bond motifs is 1. The first-order valence-corrected chi connectivity index (χ1v) is 22.0. The quantitative estimate of drug-likeness (QED) is 0.0674. The lowest BCUT2D eigenvalue weighted by Crippen LogP contribution is -2.45. The number of aryl methyl sites for hydroxylation is 2. The van der Waals surface area contributed by atoms with Gasteiger partial charge in [-0.05, 0) is 107 Å². The first-order valence-electron chi connectivity index (χ1n) is 22.0. The molecule has 1 atom stereocenters. The number of ether oxygens (including phenoxy) is 1. The number of benzene rings is 1. The number of nitrogens with zero attached hydrogens (tertiary/aromatic N) is 8. The molecule has 3 fully saturated rings. The summed E-state index contributed by atoms with van der Waals surface area (Å²) < 4.78 is 44.6. The summed E-state index contributed by atoms with van der Waals surface area (Å²) in [6, 6.07) is 8.54. The van der Waals surface area contributed by atoms with Crippen molar-refractivity contribution in [2.24, 2.45) is 18.9 Å². The third kappa shape index (κ3) is 10.1. The number of anilines is 2. The molecule has 2 N–H and O–H groups in total. The van der Waals surface area contributed by atoms with Crippen LogP contribution < -0.4 is 16.3 Å². The normalized spacial score (nSPS) is 19.5. The van der Waals surface area contributed by atoms with Crippen LogP contribution in [0.5, 0.6) is 0 Å². The van der Waals surface area contributed by atoms with Crippen molar-refractivity contribution in [3.8, 4) is 11.5 Å². The number of nitrogens with one attached hydrogen (secondary N) is 2. The molecule has 5 heterocycles. The number of imidazole rings is 1. The highest BCUT2D eigenvalue weighted by molar-refractivity contribution is 6.03. The summed E-state index contributed by atoms with van der Waals surface area (Å²) in [5.41, 5.74) is 2.33. The van der Waals surface area contributed by atoms with Gasteiger partial charge >= 0.3 is 5.69 Å². The van der Waals surface area contributed by atoms with E-state index < -0.39 is 24.1 Å². The molecule has 16 nitrogen and oxygen atoms in total. The van der Waals surface area contributed by atoms with Crippen LogP contribution in [0.3, 0.4) is 0 Å². The van der Waals surface area contributed by atoms with Crippen LogP contribution in [0.4, 0.5) is 20.3 Å². The van der Waals surface area contributed by atoms with Crippen molar-refractivity contribution < 1.29 is 32.3 Å². The highest BCUT2D eigenvalue weighted by Crippen LogP contribution is 2.36. The van der Waals surface area contributed by atoms with Gasteiger partial charge in [-0.15, -0.1) is 0 Å². The number of imide groups is 1. The second kappa shape index (κ2) is 19.3. The highest BCUT2D eigenvalue weighted by Gasteiger charge is 2.36. The zero-order valence-electron chi connectivity index (χ0n) is 36.1. The summed E-state index contributed by atoms with van der Waals surface area (Å²) >= 11 is 0. The summed E-state index contributed by atoms with van der Waals surface area (Å²) in [6.45, 7) is 3.85. The standard InChI is InChI=1S/C45H56F2N10O6/c1-53(20-6-22-62-21-5-8-30-7-4-9-35-40(30)55(3)45(61)57(35)36-16-17-38(58)54(2)44(36)60)25-29-12-14-32(15-13-29)56-26-33(39(52-56)41(46)47)50-42(59)34-27-63-43(51-34)31-18-19-48-37(23-31)49-24-28-10-11-28/h4,7,9,18-19,23,26-29,32,36,41H,5-6,8,10-17,20-22,24-25H2,1-3H3,(H,48,49)(H,50,59). The Hall–Kier alpha value is -5.75. The Morgan fingerprint density at radius 1 is 1.02 bits per heavy atom. The number of hydrogen-bond donors (Lipinski definition) is 2. The van der Waals surface area contributed by atoms with Gasteiger partial charge in [-0.25, -0.2) is 23.5 Å². The second-order valence-electron chi connectivity index (χ2n) is 17.3. The lowest BCUT2D eigenvalue weighted by molar-refractivity contribution is -0.149. The van der Waals surface area contributed by atoms with E-state index in [-0.39, 0.29) is 47.2 Å². The summed E-state index contributed by atoms with van der Waals surface area (Å²) in [5, 5.41) is 10.1. The smallest absolute Gasteiger partial charge is 0.329 e. The maximum atomic E-state index is 14.1. The van der Waals surface area contributed by atoms with Crippen molar-refractivity contribution in [3.63, 3.8) is 0 Å². The zero-order valence-corrected chi connectivity index (χ0v) is 36.1. The summed E-state index contributed by atoms with van der Waals surface area (Å²) in [6.07, 6.45) is 10.2. The monoisotopic (exact) mass is 870 g/mol. The Kier molecular flexibility index (Phi) is 13.5. The number of rotatable bonds is 19. The largest absolute Gasteiger partial charge is 0.444 e. The van der Waals surface area contributed by atoms with E-state index >= 15 is 0 Å². The molecule has 1 saturated heterocycles. The molecule has 1 aromatic carbocycles. The molecule has 2 aliphatic carbocycles. The molecule has 3 amide bonds. The average molecular weight is 871 g/mol. The van der Waals surface area contributed by atoms with Gasteiger partial charge in [0.1, 0.15) is 18.1 Å². The molecular formula is C45H56F2N10O6. The van der Waals surface area contributed by atoms with Crippen molar-refractivity contribution in [3.05, 3.63) is 76.4 Å². The van der Waals surface area contributed by atoms with Crippen molar-refractivity contribution in [2.75, 3.05) is 57.6 Å². The predicted molar refractivity (Wildman–Crippen MR) is 232 cm³/mol. The molecule has 336 valence electrons. The van der Waals surface area contributed by atoms with Crippen LogP contribution >= 0.6 is 0 Å². The van der Waals surface area contributed by atoms with Gasteiger partial charge in [0.05, 0.1) is 22.8 Å². The number of oxazole rings is 1. The van der Waals surface area contributed by atoms with Gasteiger partial charge in [-0.3, -0.25) is 33.1 Å². The average Bonchev–Trinajstić information content (AvgIpc) is 3.68. The minimum atomic E-state index is -2.87. The third-order valence-electron chi connectivity index (χ3n) is 12.7. The van der Waals surface area contributed by atoms with Crippen LogP contribution in [0.15, 0.2) is 58.2 Å².